The third kappa shape index (κ3) is 4.18. The zero-order chi connectivity index (χ0) is 19.4. The Hall–Kier alpha value is -3.10. The van der Waals surface area contributed by atoms with Gasteiger partial charge >= 0.3 is 0 Å². The third-order valence-corrected chi connectivity index (χ3v) is 4.08. The molecule has 0 amide bonds. The molecule has 0 saturated carbocycles. The minimum Gasteiger partial charge on any atom is -0.372 e. The van der Waals surface area contributed by atoms with Gasteiger partial charge in [-0.1, -0.05) is 12.1 Å². The maximum Gasteiger partial charge on any atom is 0.269 e. The van der Waals surface area contributed by atoms with E-state index in [1.54, 1.807) is 30.3 Å². The van der Waals surface area contributed by atoms with Gasteiger partial charge in [-0.15, -0.1) is 0 Å². The van der Waals surface area contributed by atoms with Crippen LogP contribution in [-0.2, 0) is 11.3 Å². The van der Waals surface area contributed by atoms with Crippen LogP contribution < -0.4 is 5.56 Å². The average Bonchev–Trinajstić information content (AvgIpc) is 2.65. The van der Waals surface area contributed by atoms with Crippen molar-refractivity contribution < 1.29 is 9.66 Å². The van der Waals surface area contributed by atoms with Crippen LogP contribution >= 0.6 is 0 Å². The number of nitro benzene ring substituents is 1. The molecule has 0 N–H and O–H groups in total. The van der Waals surface area contributed by atoms with Gasteiger partial charge in [-0.3, -0.25) is 19.5 Å². The van der Waals surface area contributed by atoms with E-state index in [9.17, 15) is 14.9 Å². The summed E-state index contributed by atoms with van der Waals surface area (Å²) in [5.74, 6) is 0.450. The fraction of sp³-hybridized carbons (Fsp3) is 0.263. The number of hydrogen-bond donors (Lipinski definition) is 0. The van der Waals surface area contributed by atoms with Crippen LogP contribution in [-0.4, -0.2) is 46.6 Å². The fourth-order valence-electron chi connectivity index (χ4n) is 2.68. The quantitative estimate of drug-likeness (QED) is 0.361. The molecule has 0 aliphatic rings. The van der Waals surface area contributed by atoms with Crippen LogP contribution in [0.1, 0.15) is 5.82 Å². The summed E-state index contributed by atoms with van der Waals surface area (Å²) in [5, 5.41) is 11.4. The molecule has 27 heavy (non-hydrogen) atoms. The number of non-ortho nitro benzene ring substituents is 1. The summed E-state index contributed by atoms with van der Waals surface area (Å²) in [6.07, 6.45) is 0. The summed E-state index contributed by atoms with van der Waals surface area (Å²) in [6.45, 7) is 1.40. The molecule has 0 aliphatic heterocycles. The fourth-order valence-corrected chi connectivity index (χ4v) is 2.68. The van der Waals surface area contributed by atoms with E-state index in [-0.39, 0.29) is 17.9 Å². The minimum atomic E-state index is -0.476. The second-order valence-corrected chi connectivity index (χ2v) is 6.32. The molecule has 1 heterocycles. The van der Waals surface area contributed by atoms with Gasteiger partial charge in [0.15, 0.2) is 0 Å². The second-order valence-electron chi connectivity index (χ2n) is 6.32. The van der Waals surface area contributed by atoms with Crippen molar-refractivity contribution in [2.75, 3.05) is 27.2 Å². The van der Waals surface area contributed by atoms with Gasteiger partial charge in [-0.25, -0.2) is 4.98 Å². The Kier molecular flexibility index (Phi) is 5.58. The molecular formula is C19H20N4O4. The van der Waals surface area contributed by atoms with Crippen molar-refractivity contribution in [3.05, 3.63) is 74.8 Å². The Labute approximate surface area is 155 Å². The molecule has 140 valence electrons. The molecular weight excluding hydrogens is 348 g/mol. The van der Waals surface area contributed by atoms with Gasteiger partial charge in [0.05, 0.1) is 28.1 Å². The van der Waals surface area contributed by atoms with Gasteiger partial charge in [0, 0.05) is 18.7 Å². The normalized spacial score (nSPS) is 11.2. The largest absolute Gasteiger partial charge is 0.372 e. The van der Waals surface area contributed by atoms with Crippen LogP contribution in [0.25, 0.3) is 16.6 Å². The Morgan fingerprint density at radius 3 is 2.52 bits per heavy atom. The zero-order valence-electron chi connectivity index (χ0n) is 15.2. The molecule has 8 heteroatoms. The molecule has 0 radical (unpaired) electrons. The van der Waals surface area contributed by atoms with E-state index in [1.807, 2.05) is 25.1 Å². The predicted octanol–water partition coefficient (Wildman–Crippen LogP) is 2.37. The smallest absolute Gasteiger partial charge is 0.269 e. The lowest BCUT2D eigenvalue weighted by Crippen LogP contribution is -2.25. The Bertz CT molecular complexity index is 1010. The highest BCUT2D eigenvalue weighted by Crippen LogP contribution is 2.17. The second kappa shape index (κ2) is 8.07. The van der Waals surface area contributed by atoms with Crippen molar-refractivity contribution in [1.29, 1.82) is 0 Å². The number of aromatic nitrogens is 2. The summed E-state index contributed by atoms with van der Waals surface area (Å²) in [5.41, 5.74) is 0.826. The van der Waals surface area contributed by atoms with Crippen molar-refractivity contribution in [3.8, 4) is 5.69 Å². The lowest BCUT2D eigenvalue weighted by molar-refractivity contribution is -0.384. The first-order chi connectivity index (χ1) is 13.0. The van der Waals surface area contributed by atoms with Crippen LogP contribution in [0.4, 0.5) is 5.69 Å². The lowest BCUT2D eigenvalue weighted by atomic mass is 10.2. The summed E-state index contributed by atoms with van der Waals surface area (Å²) in [6, 6.07) is 12.9. The molecule has 3 aromatic rings. The lowest BCUT2D eigenvalue weighted by Gasteiger charge is -2.15. The number of nitro groups is 1. The standard InChI is InChI=1S/C19H20N4O4/c1-21(2)11-12-27-13-18-20-17-6-4-3-5-16(17)19(24)22(18)14-7-9-15(10-8-14)23(25)26/h3-10H,11-13H2,1-2H3. The maximum atomic E-state index is 13.0. The monoisotopic (exact) mass is 368 g/mol. The average molecular weight is 368 g/mol. The SMILES string of the molecule is CN(C)CCOCc1nc2ccccc2c(=O)n1-c1ccc([N+](=O)[O-])cc1. The molecule has 0 atom stereocenters. The van der Waals surface area contributed by atoms with Gasteiger partial charge < -0.3 is 9.64 Å². The Balaban J connectivity index is 2.04. The summed E-state index contributed by atoms with van der Waals surface area (Å²) in [7, 11) is 3.90. The van der Waals surface area contributed by atoms with Crippen LogP contribution in [0.2, 0.25) is 0 Å². The molecule has 0 aliphatic carbocycles. The first kappa shape index (κ1) is 18.7. The van der Waals surface area contributed by atoms with E-state index < -0.39 is 4.92 Å². The first-order valence-corrected chi connectivity index (χ1v) is 8.45. The highest BCUT2D eigenvalue weighted by Gasteiger charge is 2.14. The van der Waals surface area contributed by atoms with Crippen molar-refractivity contribution in [2.24, 2.45) is 0 Å². The summed E-state index contributed by atoms with van der Waals surface area (Å²) >= 11 is 0. The van der Waals surface area contributed by atoms with Crippen molar-refractivity contribution in [1.82, 2.24) is 14.5 Å². The van der Waals surface area contributed by atoms with Gasteiger partial charge in [-0.2, -0.15) is 0 Å². The van der Waals surface area contributed by atoms with E-state index >= 15 is 0 Å². The number of fused-ring (bicyclic) bond motifs is 1. The molecule has 0 saturated heterocycles. The summed E-state index contributed by atoms with van der Waals surface area (Å²) < 4.78 is 7.13. The van der Waals surface area contributed by atoms with E-state index in [4.69, 9.17) is 4.74 Å². The van der Waals surface area contributed by atoms with Crippen molar-refractivity contribution >= 4 is 16.6 Å². The van der Waals surface area contributed by atoms with E-state index in [1.165, 1.54) is 16.7 Å². The Morgan fingerprint density at radius 1 is 1.15 bits per heavy atom. The number of likely N-dealkylation sites (N-methyl/N-ethyl adjacent to an activating group) is 1. The molecule has 3 rings (SSSR count). The highest BCUT2D eigenvalue weighted by molar-refractivity contribution is 5.77. The molecule has 0 fully saturated rings. The number of ether oxygens (including phenoxy) is 1. The van der Waals surface area contributed by atoms with E-state index in [2.05, 4.69) is 4.98 Å². The first-order valence-electron chi connectivity index (χ1n) is 8.45. The van der Waals surface area contributed by atoms with Gasteiger partial charge in [0.25, 0.3) is 11.2 Å². The molecule has 0 bridgehead atoms. The molecule has 2 aromatic carbocycles. The zero-order valence-corrected chi connectivity index (χ0v) is 15.2. The topological polar surface area (TPSA) is 90.5 Å². The van der Waals surface area contributed by atoms with Crippen LogP contribution in [0.3, 0.4) is 0 Å². The minimum absolute atomic E-state index is 0.0377. The molecule has 8 nitrogen and oxygen atoms in total. The van der Waals surface area contributed by atoms with Crippen LogP contribution in [0.5, 0.6) is 0 Å². The van der Waals surface area contributed by atoms with Crippen molar-refractivity contribution in [3.63, 3.8) is 0 Å². The highest BCUT2D eigenvalue weighted by atomic mass is 16.6. The number of para-hydroxylation sites is 1. The van der Waals surface area contributed by atoms with Gasteiger partial charge in [0.1, 0.15) is 12.4 Å². The Morgan fingerprint density at radius 2 is 1.85 bits per heavy atom. The maximum absolute atomic E-state index is 13.0. The van der Waals surface area contributed by atoms with Gasteiger partial charge in [0.2, 0.25) is 0 Å². The predicted molar refractivity (Wildman–Crippen MR) is 102 cm³/mol. The van der Waals surface area contributed by atoms with Crippen molar-refractivity contribution in [2.45, 2.75) is 6.61 Å². The summed E-state index contributed by atoms with van der Waals surface area (Å²) in [4.78, 5) is 30.0. The van der Waals surface area contributed by atoms with Gasteiger partial charge in [-0.05, 0) is 38.4 Å². The van der Waals surface area contributed by atoms with Crippen LogP contribution in [0.15, 0.2) is 53.3 Å². The molecule has 0 spiro atoms. The number of rotatable bonds is 7. The molecule has 1 aromatic heterocycles. The third-order valence-electron chi connectivity index (χ3n) is 4.08. The van der Waals surface area contributed by atoms with E-state index in [0.29, 0.717) is 29.0 Å². The number of nitrogens with zero attached hydrogens (tertiary/aromatic N) is 4. The van der Waals surface area contributed by atoms with E-state index in [0.717, 1.165) is 6.54 Å². The van der Waals surface area contributed by atoms with Crippen LogP contribution in [0, 0.1) is 10.1 Å². The number of benzene rings is 2. The number of hydrogen-bond acceptors (Lipinski definition) is 6. The molecule has 0 unspecified atom stereocenters.